The van der Waals surface area contributed by atoms with Crippen LogP contribution in [0, 0.1) is 0 Å². The Kier molecular flexibility index (Phi) is 5.19. The van der Waals surface area contributed by atoms with Crippen LogP contribution in [0.2, 0.25) is 0 Å². The summed E-state index contributed by atoms with van der Waals surface area (Å²) in [5.41, 5.74) is 8.17. The van der Waals surface area contributed by atoms with Gasteiger partial charge in [-0.2, -0.15) is 0 Å². The fraction of sp³-hybridized carbons (Fsp3) is 0.538. The van der Waals surface area contributed by atoms with Gasteiger partial charge < -0.3 is 10.6 Å². The Labute approximate surface area is 93.1 Å². The molecule has 2 heteroatoms. The van der Waals surface area contributed by atoms with Crippen LogP contribution in [0.5, 0.6) is 0 Å². The molecule has 84 valence electrons. The average Bonchev–Trinajstić information content (AvgIpc) is 2.28. The van der Waals surface area contributed by atoms with Gasteiger partial charge in [-0.15, -0.1) is 0 Å². The second-order valence-corrected chi connectivity index (χ2v) is 3.78. The zero-order chi connectivity index (χ0) is 11.1. The van der Waals surface area contributed by atoms with Crippen molar-refractivity contribution in [2.24, 2.45) is 5.73 Å². The monoisotopic (exact) mass is 206 g/mol. The van der Waals surface area contributed by atoms with Crippen LogP contribution in [0.4, 0.5) is 5.69 Å². The van der Waals surface area contributed by atoms with Gasteiger partial charge in [0.15, 0.2) is 0 Å². The lowest BCUT2D eigenvalue weighted by atomic mass is 10.1. The number of nitrogens with zero attached hydrogens (tertiary/aromatic N) is 1. The molecule has 0 amide bonds. The summed E-state index contributed by atoms with van der Waals surface area (Å²) in [6.07, 6.45) is 2.17. The number of hydrogen-bond acceptors (Lipinski definition) is 2. The Bertz CT molecular complexity index is 266. The van der Waals surface area contributed by atoms with Crippen molar-refractivity contribution in [1.82, 2.24) is 0 Å². The van der Waals surface area contributed by atoms with E-state index in [-0.39, 0.29) is 0 Å². The quantitative estimate of drug-likeness (QED) is 0.774. The van der Waals surface area contributed by atoms with Gasteiger partial charge in [-0.1, -0.05) is 19.1 Å². The van der Waals surface area contributed by atoms with Crippen molar-refractivity contribution in [2.45, 2.75) is 26.7 Å². The van der Waals surface area contributed by atoms with Crippen LogP contribution < -0.4 is 10.6 Å². The SMILES string of the molecule is CCCN(CC)c1ccc(CCN)cc1. The smallest absolute Gasteiger partial charge is 0.0366 e. The number of hydrogen-bond donors (Lipinski definition) is 1. The molecule has 0 aliphatic carbocycles. The molecule has 0 saturated carbocycles. The number of nitrogens with two attached hydrogens (primary N) is 1. The van der Waals surface area contributed by atoms with Crippen LogP contribution in [0.15, 0.2) is 24.3 Å². The summed E-state index contributed by atoms with van der Waals surface area (Å²) in [5.74, 6) is 0. The maximum Gasteiger partial charge on any atom is 0.0366 e. The van der Waals surface area contributed by atoms with Crippen molar-refractivity contribution in [3.8, 4) is 0 Å². The van der Waals surface area contributed by atoms with Crippen molar-refractivity contribution in [3.05, 3.63) is 29.8 Å². The molecule has 0 aliphatic heterocycles. The fourth-order valence-electron chi connectivity index (χ4n) is 1.78. The zero-order valence-corrected chi connectivity index (χ0v) is 9.87. The van der Waals surface area contributed by atoms with E-state index in [9.17, 15) is 0 Å². The molecule has 1 rings (SSSR count). The minimum absolute atomic E-state index is 0.728. The van der Waals surface area contributed by atoms with E-state index in [0.29, 0.717) is 0 Å². The van der Waals surface area contributed by atoms with E-state index in [0.717, 1.165) is 26.1 Å². The highest BCUT2D eigenvalue weighted by Gasteiger charge is 2.02. The van der Waals surface area contributed by atoms with Crippen molar-refractivity contribution in [3.63, 3.8) is 0 Å². The Morgan fingerprint density at radius 1 is 1.13 bits per heavy atom. The predicted molar refractivity (Wildman–Crippen MR) is 67.4 cm³/mol. The predicted octanol–water partition coefficient (Wildman–Crippen LogP) is 2.42. The maximum atomic E-state index is 5.52. The minimum atomic E-state index is 0.728. The summed E-state index contributed by atoms with van der Waals surface area (Å²) in [5, 5.41) is 0. The molecule has 0 heterocycles. The highest BCUT2D eigenvalue weighted by atomic mass is 15.1. The number of benzene rings is 1. The zero-order valence-electron chi connectivity index (χ0n) is 9.87. The normalized spacial score (nSPS) is 10.3. The summed E-state index contributed by atoms with van der Waals surface area (Å²) >= 11 is 0. The third-order valence-electron chi connectivity index (χ3n) is 2.61. The van der Waals surface area contributed by atoms with Gasteiger partial charge in [0.05, 0.1) is 0 Å². The molecule has 2 N–H and O–H groups in total. The van der Waals surface area contributed by atoms with Gasteiger partial charge in [0.1, 0.15) is 0 Å². The lowest BCUT2D eigenvalue weighted by molar-refractivity contribution is 0.791. The van der Waals surface area contributed by atoms with E-state index >= 15 is 0 Å². The molecule has 2 nitrogen and oxygen atoms in total. The molecule has 0 saturated heterocycles. The molecular formula is C13H22N2. The molecule has 0 aliphatic rings. The fourth-order valence-corrected chi connectivity index (χ4v) is 1.78. The first-order chi connectivity index (χ1) is 7.31. The van der Waals surface area contributed by atoms with Crippen molar-refractivity contribution < 1.29 is 0 Å². The third kappa shape index (κ3) is 3.56. The third-order valence-corrected chi connectivity index (χ3v) is 2.61. The van der Waals surface area contributed by atoms with Crippen LogP contribution in [-0.4, -0.2) is 19.6 Å². The van der Waals surface area contributed by atoms with Gasteiger partial charge in [0.25, 0.3) is 0 Å². The number of anilines is 1. The lowest BCUT2D eigenvalue weighted by Gasteiger charge is -2.22. The lowest BCUT2D eigenvalue weighted by Crippen LogP contribution is -2.23. The molecule has 1 aromatic rings. The molecule has 15 heavy (non-hydrogen) atoms. The summed E-state index contributed by atoms with van der Waals surface area (Å²) < 4.78 is 0. The second-order valence-electron chi connectivity index (χ2n) is 3.78. The summed E-state index contributed by atoms with van der Waals surface area (Å²) in [6.45, 7) is 7.34. The van der Waals surface area contributed by atoms with Gasteiger partial charge >= 0.3 is 0 Å². The van der Waals surface area contributed by atoms with E-state index in [4.69, 9.17) is 5.73 Å². The highest BCUT2D eigenvalue weighted by molar-refractivity contribution is 5.47. The molecule has 0 unspecified atom stereocenters. The van der Waals surface area contributed by atoms with Crippen LogP contribution in [0.25, 0.3) is 0 Å². The van der Waals surface area contributed by atoms with Crippen LogP contribution in [0.3, 0.4) is 0 Å². The molecule has 0 atom stereocenters. The first-order valence-electron chi connectivity index (χ1n) is 5.85. The van der Waals surface area contributed by atoms with E-state index < -0.39 is 0 Å². The molecule has 0 spiro atoms. The van der Waals surface area contributed by atoms with Crippen molar-refractivity contribution >= 4 is 5.69 Å². The molecule has 0 radical (unpaired) electrons. The van der Waals surface area contributed by atoms with Crippen LogP contribution >= 0.6 is 0 Å². The Morgan fingerprint density at radius 3 is 2.27 bits per heavy atom. The van der Waals surface area contributed by atoms with E-state index in [1.54, 1.807) is 0 Å². The Hall–Kier alpha value is -1.02. The molecular weight excluding hydrogens is 184 g/mol. The molecule has 0 aromatic heterocycles. The maximum absolute atomic E-state index is 5.52. The van der Waals surface area contributed by atoms with E-state index in [2.05, 4.69) is 43.0 Å². The van der Waals surface area contributed by atoms with Gasteiger partial charge in [-0.3, -0.25) is 0 Å². The van der Waals surface area contributed by atoms with Gasteiger partial charge in [0.2, 0.25) is 0 Å². The second kappa shape index (κ2) is 6.46. The first-order valence-corrected chi connectivity index (χ1v) is 5.85. The van der Waals surface area contributed by atoms with Gasteiger partial charge in [0, 0.05) is 18.8 Å². The summed E-state index contributed by atoms with van der Waals surface area (Å²) in [4.78, 5) is 2.40. The summed E-state index contributed by atoms with van der Waals surface area (Å²) in [7, 11) is 0. The van der Waals surface area contributed by atoms with Gasteiger partial charge in [-0.25, -0.2) is 0 Å². The largest absolute Gasteiger partial charge is 0.372 e. The molecule has 0 fully saturated rings. The molecule has 1 aromatic carbocycles. The molecule has 0 bridgehead atoms. The number of rotatable bonds is 6. The van der Waals surface area contributed by atoms with Crippen LogP contribution in [-0.2, 0) is 6.42 Å². The van der Waals surface area contributed by atoms with Crippen LogP contribution in [0.1, 0.15) is 25.8 Å². The standard InChI is InChI=1S/C13H22N2/c1-3-11-15(4-2)13-7-5-12(6-8-13)9-10-14/h5-8H,3-4,9-11,14H2,1-2H3. The minimum Gasteiger partial charge on any atom is -0.372 e. The summed E-state index contributed by atoms with van der Waals surface area (Å²) in [6, 6.07) is 8.76. The Balaban J connectivity index is 2.68. The van der Waals surface area contributed by atoms with E-state index in [1.807, 2.05) is 0 Å². The van der Waals surface area contributed by atoms with Gasteiger partial charge in [-0.05, 0) is 44.0 Å². The average molecular weight is 206 g/mol. The topological polar surface area (TPSA) is 29.3 Å². The van der Waals surface area contributed by atoms with Crippen molar-refractivity contribution in [1.29, 1.82) is 0 Å². The highest BCUT2D eigenvalue weighted by Crippen LogP contribution is 2.15. The first kappa shape index (κ1) is 12.1. The Morgan fingerprint density at radius 2 is 1.80 bits per heavy atom. The van der Waals surface area contributed by atoms with Crippen molar-refractivity contribution in [2.75, 3.05) is 24.5 Å². The van der Waals surface area contributed by atoms with E-state index in [1.165, 1.54) is 17.7 Å².